The summed E-state index contributed by atoms with van der Waals surface area (Å²) in [5.74, 6) is 2.19. The van der Waals surface area contributed by atoms with Gasteiger partial charge in [-0.1, -0.05) is 28.1 Å². The average Bonchev–Trinajstić information content (AvgIpc) is 3.54. The fraction of sp³-hybridized carbons (Fsp3) is 0.208. The highest BCUT2D eigenvalue weighted by molar-refractivity contribution is 7.98. The van der Waals surface area contributed by atoms with Crippen LogP contribution in [0.3, 0.4) is 0 Å². The molecule has 0 fully saturated rings. The number of aryl methyl sites for hydroxylation is 2. The highest BCUT2D eigenvalue weighted by atomic mass is 32.2. The molecule has 0 saturated carbocycles. The topological polar surface area (TPSA) is 95.7 Å². The highest BCUT2D eigenvalue weighted by Gasteiger charge is 2.20. The number of benzene rings is 2. The molecule has 0 unspecified atom stereocenters. The van der Waals surface area contributed by atoms with Crippen LogP contribution in [0.4, 0.5) is 0 Å². The van der Waals surface area contributed by atoms with Crippen LogP contribution in [0, 0.1) is 20.8 Å². The molecule has 166 valence electrons. The van der Waals surface area contributed by atoms with Gasteiger partial charge in [-0.25, -0.2) is 9.67 Å². The van der Waals surface area contributed by atoms with Gasteiger partial charge >= 0.3 is 0 Å². The quantitative estimate of drug-likeness (QED) is 0.314. The Bertz CT molecular complexity index is 1400. The van der Waals surface area contributed by atoms with E-state index in [1.807, 2.05) is 68.6 Å². The monoisotopic (exact) mass is 458 g/mol. The summed E-state index contributed by atoms with van der Waals surface area (Å²) in [6.07, 6.45) is 2.04. The zero-order valence-electron chi connectivity index (χ0n) is 18.7. The van der Waals surface area contributed by atoms with Gasteiger partial charge in [0, 0.05) is 16.0 Å². The molecule has 33 heavy (non-hydrogen) atoms. The lowest BCUT2D eigenvalue weighted by Crippen LogP contribution is -2.05. The van der Waals surface area contributed by atoms with Crippen LogP contribution in [-0.2, 0) is 6.54 Å². The largest absolute Gasteiger partial charge is 0.441 e. The van der Waals surface area contributed by atoms with Crippen LogP contribution in [0.1, 0.15) is 22.7 Å². The highest BCUT2D eigenvalue weighted by Crippen LogP contribution is 2.26. The molecule has 0 radical (unpaired) electrons. The van der Waals surface area contributed by atoms with Gasteiger partial charge in [-0.3, -0.25) is 0 Å². The second kappa shape index (κ2) is 8.67. The number of thioether (sulfide) groups is 1. The molecule has 5 rings (SSSR count). The van der Waals surface area contributed by atoms with Crippen molar-refractivity contribution < 1.29 is 8.94 Å². The third-order valence-corrected chi connectivity index (χ3v) is 6.19. The molecule has 3 heterocycles. The summed E-state index contributed by atoms with van der Waals surface area (Å²) in [6, 6.07) is 16.1. The standard InChI is InChI=1S/C24H22N6O2S/c1-14-5-7-18(8-6-14)23-25-20(16(3)31-23)13-30-15(2)21(27-29-30)24-26-22(28-32-24)17-9-11-19(33-4)12-10-17/h5-12H,13H2,1-4H3. The van der Waals surface area contributed by atoms with Crippen molar-refractivity contribution >= 4 is 11.8 Å². The van der Waals surface area contributed by atoms with Crippen molar-refractivity contribution in [2.24, 2.45) is 0 Å². The number of nitrogens with zero attached hydrogens (tertiary/aromatic N) is 6. The first-order valence-corrected chi connectivity index (χ1v) is 11.7. The van der Waals surface area contributed by atoms with Crippen LogP contribution in [0.15, 0.2) is 62.4 Å². The number of aromatic nitrogens is 6. The van der Waals surface area contributed by atoms with E-state index in [1.54, 1.807) is 16.4 Å². The van der Waals surface area contributed by atoms with Crippen molar-refractivity contribution in [1.82, 2.24) is 30.1 Å². The number of oxazole rings is 1. The third-order valence-electron chi connectivity index (χ3n) is 5.45. The Hall–Kier alpha value is -3.72. The van der Waals surface area contributed by atoms with E-state index in [0.717, 1.165) is 28.3 Å². The van der Waals surface area contributed by atoms with Crippen LogP contribution >= 0.6 is 11.8 Å². The first-order chi connectivity index (χ1) is 16.0. The molecular formula is C24H22N6O2S. The molecule has 0 atom stereocenters. The molecular weight excluding hydrogens is 436 g/mol. The smallest absolute Gasteiger partial charge is 0.280 e. The lowest BCUT2D eigenvalue weighted by Gasteiger charge is -2.00. The number of rotatable bonds is 6. The van der Waals surface area contributed by atoms with Crippen molar-refractivity contribution in [3.63, 3.8) is 0 Å². The molecule has 0 spiro atoms. The second-order valence-electron chi connectivity index (χ2n) is 7.72. The van der Waals surface area contributed by atoms with Crippen molar-refractivity contribution in [2.75, 3.05) is 6.26 Å². The molecule has 0 aliphatic carbocycles. The van der Waals surface area contributed by atoms with E-state index in [1.165, 1.54) is 10.5 Å². The van der Waals surface area contributed by atoms with Crippen molar-refractivity contribution in [1.29, 1.82) is 0 Å². The zero-order valence-corrected chi connectivity index (χ0v) is 19.6. The van der Waals surface area contributed by atoms with E-state index in [2.05, 4.69) is 32.4 Å². The van der Waals surface area contributed by atoms with E-state index in [9.17, 15) is 0 Å². The minimum absolute atomic E-state index is 0.333. The van der Waals surface area contributed by atoms with Crippen molar-refractivity contribution in [2.45, 2.75) is 32.2 Å². The lowest BCUT2D eigenvalue weighted by molar-refractivity contribution is 0.430. The predicted molar refractivity (Wildman–Crippen MR) is 126 cm³/mol. The number of hydrogen-bond donors (Lipinski definition) is 0. The molecule has 5 aromatic rings. The van der Waals surface area contributed by atoms with Gasteiger partial charge in [0.15, 0.2) is 5.69 Å². The molecule has 0 aliphatic heterocycles. The molecule has 3 aromatic heterocycles. The van der Waals surface area contributed by atoms with E-state index < -0.39 is 0 Å². The molecule has 2 aromatic carbocycles. The van der Waals surface area contributed by atoms with E-state index in [0.29, 0.717) is 29.8 Å². The number of hydrogen-bond acceptors (Lipinski definition) is 8. The Morgan fingerprint density at radius 1 is 0.879 bits per heavy atom. The maximum Gasteiger partial charge on any atom is 0.280 e. The van der Waals surface area contributed by atoms with E-state index in [4.69, 9.17) is 8.94 Å². The maximum absolute atomic E-state index is 5.90. The van der Waals surface area contributed by atoms with Gasteiger partial charge in [0.2, 0.25) is 11.7 Å². The van der Waals surface area contributed by atoms with Crippen molar-refractivity contribution in [3.05, 3.63) is 71.2 Å². The van der Waals surface area contributed by atoms with Crippen LogP contribution in [-0.4, -0.2) is 36.4 Å². The summed E-state index contributed by atoms with van der Waals surface area (Å²) in [5, 5.41) is 12.7. The minimum atomic E-state index is 0.333. The van der Waals surface area contributed by atoms with Gasteiger partial charge in [-0.05, 0) is 63.4 Å². The zero-order chi connectivity index (χ0) is 22.9. The molecule has 0 aliphatic rings. The van der Waals surface area contributed by atoms with E-state index in [-0.39, 0.29) is 0 Å². The SMILES string of the molecule is CSc1ccc(-c2noc(-c3nnn(Cc4nc(-c5ccc(C)cc5)oc4C)c3C)n2)cc1. The van der Waals surface area contributed by atoms with Gasteiger partial charge in [0.05, 0.1) is 12.2 Å². The van der Waals surface area contributed by atoms with Gasteiger partial charge in [0.1, 0.15) is 11.5 Å². The first-order valence-electron chi connectivity index (χ1n) is 10.4. The van der Waals surface area contributed by atoms with Crippen LogP contribution < -0.4 is 0 Å². The Kier molecular flexibility index (Phi) is 5.55. The Morgan fingerprint density at radius 2 is 1.61 bits per heavy atom. The van der Waals surface area contributed by atoms with Gasteiger partial charge in [-0.2, -0.15) is 4.98 Å². The predicted octanol–water partition coefficient (Wildman–Crippen LogP) is 5.35. The van der Waals surface area contributed by atoms with Gasteiger partial charge in [-0.15, -0.1) is 16.9 Å². The molecule has 0 N–H and O–H groups in total. The average molecular weight is 459 g/mol. The fourth-order valence-electron chi connectivity index (χ4n) is 3.42. The molecule has 9 heteroatoms. The van der Waals surface area contributed by atoms with Gasteiger partial charge in [0.25, 0.3) is 5.89 Å². The summed E-state index contributed by atoms with van der Waals surface area (Å²) in [5.41, 5.74) is 5.17. The third kappa shape index (κ3) is 4.19. The molecule has 0 bridgehead atoms. The second-order valence-corrected chi connectivity index (χ2v) is 8.60. The van der Waals surface area contributed by atoms with Crippen LogP contribution in [0.25, 0.3) is 34.4 Å². The molecule has 8 nitrogen and oxygen atoms in total. The van der Waals surface area contributed by atoms with Crippen molar-refractivity contribution in [3.8, 4) is 34.4 Å². The summed E-state index contributed by atoms with van der Waals surface area (Å²) in [4.78, 5) is 10.4. The Morgan fingerprint density at radius 3 is 2.33 bits per heavy atom. The fourth-order valence-corrected chi connectivity index (χ4v) is 3.83. The summed E-state index contributed by atoms with van der Waals surface area (Å²) in [6.45, 7) is 6.30. The van der Waals surface area contributed by atoms with Gasteiger partial charge < -0.3 is 8.94 Å². The Labute approximate surface area is 195 Å². The molecule has 0 amide bonds. The maximum atomic E-state index is 5.90. The summed E-state index contributed by atoms with van der Waals surface area (Å²) in [7, 11) is 0. The van der Waals surface area contributed by atoms with E-state index >= 15 is 0 Å². The van der Waals surface area contributed by atoms with Crippen LogP contribution in [0.2, 0.25) is 0 Å². The Balaban J connectivity index is 1.38. The normalized spacial score (nSPS) is 11.3. The first kappa shape index (κ1) is 21.1. The summed E-state index contributed by atoms with van der Waals surface area (Å²) >= 11 is 1.68. The summed E-state index contributed by atoms with van der Waals surface area (Å²) < 4.78 is 13.1. The lowest BCUT2D eigenvalue weighted by atomic mass is 10.1. The molecule has 0 saturated heterocycles. The minimum Gasteiger partial charge on any atom is -0.441 e. The van der Waals surface area contributed by atoms with Crippen LogP contribution in [0.5, 0.6) is 0 Å².